The van der Waals surface area contributed by atoms with Crippen LogP contribution in [0.4, 0.5) is 5.69 Å². The molecule has 0 saturated carbocycles. The molecule has 0 spiro atoms. The summed E-state index contributed by atoms with van der Waals surface area (Å²) in [6.45, 7) is 5.39. The summed E-state index contributed by atoms with van der Waals surface area (Å²) in [6, 6.07) is 7.11. The molecule has 5 nitrogen and oxygen atoms in total. The molecule has 2 rings (SSSR count). The summed E-state index contributed by atoms with van der Waals surface area (Å²) >= 11 is 0. The molecule has 21 heavy (non-hydrogen) atoms. The fourth-order valence-corrected chi connectivity index (χ4v) is 3.75. The minimum atomic E-state index is -3.36. The second-order valence-electron chi connectivity index (χ2n) is 5.57. The zero-order valence-electron chi connectivity index (χ0n) is 12.8. The predicted molar refractivity (Wildman–Crippen MR) is 86.2 cm³/mol. The molecule has 0 amide bonds. The largest absolute Gasteiger partial charge is 0.374 e. The first-order valence-corrected chi connectivity index (χ1v) is 9.03. The van der Waals surface area contributed by atoms with Crippen LogP contribution in [0.5, 0.6) is 0 Å². The molecule has 0 atom stereocenters. The summed E-state index contributed by atoms with van der Waals surface area (Å²) in [5.74, 6) is 0.710. The van der Waals surface area contributed by atoms with Crippen molar-refractivity contribution in [2.45, 2.75) is 24.7 Å². The standard InChI is InChI=1S/C15H25N3O2S/c1-3-17-21(19,20)15-6-4-14(5-7-15)18(2)12-13-8-10-16-11-9-13/h4-7,13,16-17H,3,8-12H2,1-2H3. The third-order valence-electron chi connectivity index (χ3n) is 3.91. The number of sulfonamides is 1. The Bertz CT molecular complexity index is 537. The normalized spacial score (nSPS) is 16.9. The second kappa shape index (κ2) is 7.24. The van der Waals surface area contributed by atoms with Crippen molar-refractivity contribution in [2.24, 2.45) is 5.92 Å². The van der Waals surface area contributed by atoms with E-state index in [1.165, 1.54) is 12.8 Å². The SMILES string of the molecule is CCNS(=O)(=O)c1ccc(N(C)CC2CCNCC2)cc1. The van der Waals surface area contributed by atoms with E-state index in [0.29, 0.717) is 17.4 Å². The van der Waals surface area contributed by atoms with Gasteiger partial charge < -0.3 is 10.2 Å². The van der Waals surface area contributed by atoms with Crippen molar-refractivity contribution in [1.29, 1.82) is 0 Å². The van der Waals surface area contributed by atoms with Gasteiger partial charge in [-0.25, -0.2) is 13.1 Å². The highest BCUT2D eigenvalue weighted by Gasteiger charge is 2.16. The maximum atomic E-state index is 11.9. The Morgan fingerprint density at radius 3 is 2.43 bits per heavy atom. The molecule has 0 unspecified atom stereocenters. The molecule has 118 valence electrons. The van der Waals surface area contributed by atoms with Gasteiger partial charge in [0.2, 0.25) is 10.0 Å². The smallest absolute Gasteiger partial charge is 0.240 e. The van der Waals surface area contributed by atoms with Crippen LogP contribution in [0.1, 0.15) is 19.8 Å². The number of hydrogen-bond donors (Lipinski definition) is 2. The van der Waals surface area contributed by atoms with Crippen LogP contribution >= 0.6 is 0 Å². The number of nitrogens with zero attached hydrogens (tertiary/aromatic N) is 1. The van der Waals surface area contributed by atoms with Gasteiger partial charge in [-0.15, -0.1) is 0 Å². The van der Waals surface area contributed by atoms with E-state index in [9.17, 15) is 8.42 Å². The van der Waals surface area contributed by atoms with Crippen LogP contribution in [-0.2, 0) is 10.0 Å². The highest BCUT2D eigenvalue weighted by molar-refractivity contribution is 7.89. The molecule has 1 heterocycles. The molecule has 0 aromatic heterocycles. The first-order chi connectivity index (χ1) is 10.0. The number of rotatable bonds is 6. The molecule has 1 aromatic rings. The average Bonchev–Trinajstić information content (AvgIpc) is 2.48. The maximum Gasteiger partial charge on any atom is 0.240 e. The summed E-state index contributed by atoms with van der Waals surface area (Å²) in [4.78, 5) is 2.53. The van der Waals surface area contributed by atoms with Gasteiger partial charge in [0.25, 0.3) is 0 Å². The van der Waals surface area contributed by atoms with E-state index in [-0.39, 0.29) is 0 Å². The van der Waals surface area contributed by atoms with Crippen molar-refractivity contribution < 1.29 is 8.42 Å². The minimum Gasteiger partial charge on any atom is -0.374 e. The molecule has 1 aromatic carbocycles. The lowest BCUT2D eigenvalue weighted by atomic mass is 9.97. The monoisotopic (exact) mass is 311 g/mol. The maximum absolute atomic E-state index is 11.9. The molecule has 1 aliphatic rings. The Hall–Kier alpha value is -1.11. The number of piperidine rings is 1. The van der Waals surface area contributed by atoms with Gasteiger partial charge >= 0.3 is 0 Å². The third kappa shape index (κ3) is 4.43. The van der Waals surface area contributed by atoms with Crippen LogP contribution in [0, 0.1) is 5.92 Å². The van der Waals surface area contributed by atoms with E-state index in [2.05, 4.69) is 22.0 Å². The van der Waals surface area contributed by atoms with Crippen LogP contribution in [0.2, 0.25) is 0 Å². The number of hydrogen-bond acceptors (Lipinski definition) is 4. The van der Waals surface area contributed by atoms with E-state index in [4.69, 9.17) is 0 Å². The van der Waals surface area contributed by atoms with E-state index >= 15 is 0 Å². The molecular weight excluding hydrogens is 286 g/mol. The van der Waals surface area contributed by atoms with Crippen molar-refractivity contribution in [2.75, 3.05) is 38.1 Å². The lowest BCUT2D eigenvalue weighted by molar-refractivity contribution is 0.378. The van der Waals surface area contributed by atoms with Gasteiger partial charge in [0.1, 0.15) is 0 Å². The summed E-state index contributed by atoms with van der Waals surface area (Å²) < 4.78 is 26.3. The molecule has 0 radical (unpaired) electrons. The number of nitrogens with one attached hydrogen (secondary N) is 2. The van der Waals surface area contributed by atoms with E-state index in [0.717, 1.165) is 25.3 Å². The van der Waals surface area contributed by atoms with Crippen LogP contribution in [0.25, 0.3) is 0 Å². The Kier molecular flexibility index (Phi) is 5.61. The van der Waals surface area contributed by atoms with Crippen LogP contribution < -0.4 is 14.9 Å². The van der Waals surface area contributed by atoms with E-state index < -0.39 is 10.0 Å². The molecule has 1 aliphatic heterocycles. The van der Waals surface area contributed by atoms with E-state index in [1.807, 2.05) is 12.1 Å². The van der Waals surface area contributed by atoms with Crippen LogP contribution in [0.15, 0.2) is 29.2 Å². The molecule has 1 saturated heterocycles. The van der Waals surface area contributed by atoms with Crippen LogP contribution in [-0.4, -0.2) is 41.6 Å². The van der Waals surface area contributed by atoms with Gasteiger partial charge in [0.05, 0.1) is 4.90 Å². The van der Waals surface area contributed by atoms with Gasteiger partial charge in [-0.05, 0) is 56.1 Å². The van der Waals surface area contributed by atoms with Crippen molar-refractivity contribution >= 4 is 15.7 Å². The number of benzene rings is 1. The summed E-state index contributed by atoms with van der Waals surface area (Å²) in [6.07, 6.45) is 2.41. The fraction of sp³-hybridized carbons (Fsp3) is 0.600. The fourth-order valence-electron chi connectivity index (χ4n) is 2.71. The summed E-state index contributed by atoms with van der Waals surface area (Å²) in [5.41, 5.74) is 1.06. The predicted octanol–water partition coefficient (Wildman–Crippen LogP) is 1.42. The number of anilines is 1. The molecule has 6 heteroatoms. The molecule has 0 aliphatic carbocycles. The average molecular weight is 311 g/mol. The Labute approximate surface area is 127 Å². The first kappa shape index (κ1) is 16.3. The van der Waals surface area contributed by atoms with Crippen molar-refractivity contribution in [3.8, 4) is 0 Å². The van der Waals surface area contributed by atoms with Gasteiger partial charge in [-0.2, -0.15) is 0 Å². The zero-order chi connectivity index (χ0) is 15.3. The second-order valence-corrected chi connectivity index (χ2v) is 7.34. The molecule has 1 fully saturated rings. The van der Waals surface area contributed by atoms with Crippen LogP contribution in [0.3, 0.4) is 0 Å². The highest BCUT2D eigenvalue weighted by Crippen LogP contribution is 2.20. The van der Waals surface area contributed by atoms with Crippen molar-refractivity contribution in [3.63, 3.8) is 0 Å². The Balaban J connectivity index is 2.01. The minimum absolute atomic E-state index is 0.323. The highest BCUT2D eigenvalue weighted by atomic mass is 32.2. The van der Waals surface area contributed by atoms with Gasteiger partial charge in [-0.1, -0.05) is 6.92 Å². The lowest BCUT2D eigenvalue weighted by Crippen LogP contribution is -2.34. The third-order valence-corrected chi connectivity index (χ3v) is 5.47. The van der Waals surface area contributed by atoms with Crippen molar-refractivity contribution in [3.05, 3.63) is 24.3 Å². The Morgan fingerprint density at radius 2 is 1.86 bits per heavy atom. The Morgan fingerprint density at radius 1 is 1.24 bits per heavy atom. The molecule has 2 N–H and O–H groups in total. The zero-order valence-corrected chi connectivity index (χ0v) is 13.6. The van der Waals surface area contributed by atoms with Crippen molar-refractivity contribution in [1.82, 2.24) is 10.0 Å². The first-order valence-electron chi connectivity index (χ1n) is 7.54. The molecule has 0 bridgehead atoms. The summed E-state index contributed by atoms with van der Waals surface area (Å²) in [5, 5.41) is 3.37. The van der Waals surface area contributed by atoms with E-state index in [1.54, 1.807) is 19.1 Å². The lowest BCUT2D eigenvalue weighted by Gasteiger charge is -2.28. The summed E-state index contributed by atoms with van der Waals surface area (Å²) in [7, 11) is -1.29. The van der Waals surface area contributed by atoms with Gasteiger partial charge in [0.15, 0.2) is 0 Å². The van der Waals surface area contributed by atoms with Gasteiger partial charge in [-0.3, -0.25) is 0 Å². The quantitative estimate of drug-likeness (QED) is 0.834. The topological polar surface area (TPSA) is 61.4 Å². The molecular formula is C15H25N3O2S. The van der Waals surface area contributed by atoms with Gasteiger partial charge in [0, 0.05) is 25.8 Å².